The van der Waals surface area contributed by atoms with E-state index in [0.717, 1.165) is 30.6 Å². The fourth-order valence-electron chi connectivity index (χ4n) is 2.66. The molecule has 0 saturated carbocycles. The van der Waals surface area contributed by atoms with E-state index in [1.165, 1.54) is 5.56 Å². The molecule has 1 saturated heterocycles. The molecule has 4 nitrogen and oxygen atoms in total. The molecule has 1 fully saturated rings. The molecule has 1 aliphatic rings. The van der Waals surface area contributed by atoms with Gasteiger partial charge in [0, 0.05) is 13.2 Å². The molecule has 122 valence electrons. The molecular weight excluding hydrogens is 278 g/mol. The van der Waals surface area contributed by atoms with Crippen LogP contribution in [0.4, 0.5) is 0 Å². The zero-order valence-electron chi connectivity index (χ0n) is 14.1. The number of hydrogen-bond donors (Lipinski definition) is 1. The van der Waals surface area contributed by atoms with Crippen LogP contribution in [0, 0.1) is 0 Å². The van der Waals surface area contributed by atoms with Gasteiger partial charge < -0.3 is 14.8 Å². The fourth-order valence-corrected chi connectivity index (χ4v) is 2.66. The monoisotopic (exact) mass is 305 g/mol. The van der Waals surface area contributed by atoms with Crippen molar-refractivity contribution in [1.29, 1.82) is 0 Å². The Morgan fingerprint density at radius 2 is 2.18 bits per heavy atom. The predicted octanol–water partition coefficient (Wildman–Crippen LogP) is 2.83. The largest absolute Gasteiger partial charge is 0.496 e. The van der Waals surface area contributed by atoms with Crippen molar-refractivity contribution in [2.75, 3.05) is 20.3 Å². The van der Waals surface area contributed by atoms with Crippen LogP contribution in [0.3, 0.4) is 0 Å². The normalized spacial score (nSPS) is 18.3. The Morgan fingerprint density at radius 1 is 1.41 bits per heavy atom. The van der Waals surface area contributed by atoms with E-state index in [-0.39, 0.29) is 17.4 Å². The second-order valence-electron chi connectivity index (χ2n) is 6.82. The summed E-state index contributed by atoms with van der Waals surface area (Å²) in [6.45, 7) is 7.87. The highest BCUT2D eigenvalue weighted by atomic mass is 16.5. The second kappa shape index (κ2) is 7.14. The van der Waals surface area contributed by atoms with Crippen LogP contribution in [0.15, 0.2) is 18.2 Å². The summed E-state index contributed by atoms with van der Waals surface area (Å²) in [5.74, 6) is 0.878. The van der Waals surface area contributed by atoms with E-state index in [4.69, 9.17) is 9.47 Å². The summed E-state index contributed by atoms with van der Waals surface area (Å²) in [5, 5.41) is 2.96. The number of carbonyl (C=O) groups is 1. The molecule has 1 aliphatic heterocycles. The van der Waals surface area contributed by atoms with Gasteiger partial charge in [0.25, 0.3) is 0 Å². The molecule has 22 heavy (non-hydrogen) atoms. The molecule has 0 spiro atoms. The lowest BCUT2D eigenvalue weighted by atomic mass is 9.85. The van der Waals surface area contributed by atoms with Crippen molar-refractivity contribution in [3.63, 3.8) is 0 Å². The van der Waals surface area contributed by atoms with Gasteiger partial charge in [-0.3, -0.25) is 4.79 Å². The molecule has 0 radical (unpaired) electrons. The van der Waals surface area contributed by atoms with Crippen LogP contribution in [0.2, 0.25) is 0 Å². The second-order valence-corrected chi connectivity index (χ2v) is 6.82. The minimum Gasteiger partial charge on any atom is -0.496 e. The maximum atomic E-state index is 11.9. The van der Waals surface area contributed by atoms with Gasteiger partial charge in [0.05, 0.1) is 7.11 Å². The molecule has 0 aliphatic carbocycles. The summed E-state index contributed by atoms with van der Waals surface area (Å²) < 4.78 is 10.8. The van der Waals surface area contributed by atoms with Crippen LogP contribution in [-0.4, -0.2) is 32.3 Å². The van der Waals surface area contributed by atoms with Gasteiger partial charge in [-0.25, -0.2) is 0 Å². The number of nitrogens with one attached hydrogen (secondary N) is 1. The first kappa shape index (κ1) is 16.8. The number of amides is 1. The van der Waals surface area contributed by atoms with Gasteiger partial charge in [-0.2, -0.15) is 0 Å². The Bertz CT molecular complexity index is 514. The van der Waals surface area contributed by atoms with E-state index in [0.29, 0.717) is 13.2 Å². The van der Waals surface area contributed by atoms with Gasteiger partial charge in [0.15, 0.2) is 0 Å². The van der Waals surface area contributed by atoms with E-state index < -0.39 is 0 Å². The first-order valence-corrected chi connectivity index (χ1v) is 7.98. The molecule has 0 aromatic heterocycles. The van der Waals surface area contributed by atoms with Crippen molar-refractivity contribution in [3.8, 4) is 5.75 Å². The van der Waals surface area contributed by atoms with Crippen molar-refractivity contribution in [2.45, 2.75) is 51.6 Å². The summed E-state index contributed by atoms with van der Waals surface area (Å²) in [6, 6.07) is 6.29. The van der Waals surface area contributed by atoms with E-state index in [2.05, 4.69) is 38.2 Å². The molecular formula is C18H27NO3. The average Bonchev–Trinajstić information content (AvgIpc) is 3.00. The summed E-state index contributed by atoms with van der Waals surface area (Å²) in [6.07, 6.45) is 2.29. The third kappa shape index (κ3) is 4.23. The Morgan fingerprint density at radius 3 is 2.77 bits per heavy atom. The lowest BCUT2D eigenvalue weighted by Crippen LogP contribution is -2.35. The molecule has 0 bridgehead atoms. The fraction of sp³-hybridized carbons (Fsp3) is 0.611. The smallest absolute Gasteiger partial charge is 0.249 e. The number of hydrogen-bond acceptors (Lipinski definition) is 3. The predicted molar refractivity (Wildman–Crippen MR) is 87.4 cm³/mol. The van der Waals surface area contributed by atoms with Gasteiger partial charge in [-0.15, -0.1) is 0 Å². The lowest BCUT2D eigenvalue weighted by Gasteiger charge is -2.21. The van der Waals surface area contributed by atoms with E-state index in [9.17, 15) is 4.79 Å². The van der Waals surface area contributed by atoms with Crippen molar-refractivity contribution >= 4 is 5.91 Å². The number of ether oxygens (including phenoxy) is 2. The Hall–Kier alpha value is -1.55. The topological polar surface area (TPSA) is 47.6 Å². The van der Waals surface area contributed by atoms with Gasteiger partial charge in [0.1, 0.15) is 11.9 Å². The zero-order chi connectivity index (χ0) is 16.2. The van der Waals surface area contributed by atoms with Gasteiger partial charge in [-0.1, -0.05) is 32.9 Å². The van der Waals surface area contributed by atoms with E-state index in [1.807, 2.05) is 6.07 Å². The maximum absolute atomic E-state index is 11.9. The summed E-state index contributed by atoms with van der Waals surface area (Å²) >= 11 is 0. The molecule has 4 heteroatoms. The van der Waals surface area contributed by atoms with Crippen LogP contribution >= 0.6 is 0 Å². The Kier molecular flexibility index (Phi) is 5.46. The van der Waals surface area contributed by atoms with Crippen LogP contribution in [-0.2, 0) is 21.4 Å². The first-order valence-electron chi connectivity index (χ1n) is 7.98. The number of carbonyl (C=O) groups excluding carboxylic acids is 1. The van der Waals surface area contributed by atoms with Gasteiger partial charge in [-0.05, 0) is 41.9 Å². The van der Waals surface area contributed by atoms with Crippen LogP contribution in [0.1, 0.15) is 44.7 Å². The average molecular weight is 305 g/mol. The third-order valence-corrected chi connectivity index (χ3v) is 4.06. The van der Waals surface area contributed by atoms with Crippen LogP contribution in [0.5, 0.6) is 5.75 Å². The number of benzene rings is 1. The highest BCUT2D eigenvalue weighted by molar-refractivity contribution is 5.80. The highest BCUT2D eigenvalue weighted by Gasteiger charge is 2.23. The van der Waals surface area contributed by atoms with E-state index in [1.54, 1.807) is 7.11 Å². The minimum absolute atomic E-state index is 0.00319. The summed E-state index contributed by atoms with van der Waals surface area (Å²) in [7, 11) is 1.68. The van der Waals surface area contributed by atoms with Crippen molar-refractivity contribution in [1.82, 2.24) is 5.32 Å². The summed E-state index contributed by atoms with van der Waals surface area (Å²) in [5.41, 5.74) is 2.50. The molecule has 2 rings (SSSR count). The molecule has 1 aromatic carbocycles. The molecule has 1 amide bonds. The third-order valence-electron chi connectivity index (χ3n) is 4.06. The molecule has 1 aromatic rings. The standard InChI is InChI=1S/C18H27NO3/c1-18(2,3)14-7-8-15(21-4)13(12-14)9-10-19-17(20)16-6-5-11-22-16/h7-8,12,16H,5-6,9-11H2,1-4H3,(H,19,20). The molecule has 1 N–H and O–H groups in total. The zero-order valence-corrected chi connectivity index (χ0v) is 14.1. The van der Waals surface area contributed by atoms with Crippen molar-refractivity contribution in [3.05, 3.63) is 29.3 Å². The van der Waals surface area contributed by atoms with Crippen molar-refractivity contribution in [2.24, 2.45) is 0 Å². The highest BCUT2D eigenvalue weighted by Crippen LogP contribution is 2.28. The Balaban J connectivity index is 1.97. The first-order chi connectivity index (χ1) is 10.4. The van der Waals surface area contributed by atoms with Crippen LogP contribution in [0.25, 0.3) is 0 Å². The molecule has 1 heterocycles. The van der Waals surface area contributed by atoms with Crippen molar-refractivity contribution < 1.29 is 14.3 Å². The molecule has 1 atom stereocenters. The Labute approximate surface area is 133 Å². The quantitative estimate of drug-likeness (QED) is 0.910. The summed E-state index contributed by atoms with van der Waals surface area (Å²) in [4.78, 5) is 11.9. The number of rotatable bonds is 5. The minimum atomic E-state index is -0.261. The SMILES string of the molecule is COc1ccc(C(C)(C)C)cc1CCNC(=O)C1CCCO1. The van der Waals surface area contributed by atoms with Crippen LogP contribution < -0.4 is 10.1 Å². The van der Waals surface area contributed by atoms with E-state index >= 15 is 0 Å². The number of methoxy groups -OCH3 is 1. The lowest BCUT2D eigenvalue weighted by molar-refractivity contribution is -0.129. The van der Waals surface area contributed by atoms with Gasteiger partial charge >= 0.3 is 0 Å². The van der Waals surface area contributed by atoms with Gasteiger partial charge in [0.2, 0.25) is 5.91 Å². The maximum Gasteiger partial charge on any atom is 0.249 e. The molecule has 1 unspecified atom stereocenters.